The van der Waals surface area contributed by atoms with Gasteiger partial charge in [0.05, 0.1) is 67.5 Å². The molecule has 586 valence electrons. The number of para-hydroxylation sites is 3. The zero-order valence-corrected chi connectivity index (χ0v) is 61.7. The lowest BCUT2D eigenvalue weighted by atomic mass is 9.93. The fraction of sp³-hybridized carbons (Fsp3) is 0.224. The number of anilines is 11. The minimum atomic E-state index is -4.63. The van der Waals surface area contributed by atoms with Crippen LogP contribution in [0.3, 0.4) is 0 Å². The van der Waals surface area contributed by atoms with Gasteiger partial charge in [-0.25, -0.2) is 15.0 Å². The van der Waals surface area contributed by atoms with Crippen molar-refractivity contribution in [3.8, 4) is 0 Å². The number of H-pyrrole nitrogens is 1. The van der Waals surface area contributed by atoms with Crippen molar-refractivity contribution >= 4 is 120 Å². The Labute approximate surface area is 652 Å². The van der Waals surface area contributed by atoms with E-state index < -0.39 is 52.9 Å². The molecule has 0 radical (unpaired) electrons. The Morgan fingerprint density at radius 1 is 0.451 bits per heavy atom. The molecule has 28 heteroatoms. The first kappa shape index (κ1) is 81.8. The molecular weight excluding hydrogens is 1490 g/mol. The molecule has 6 aromatic carbocycles. The van der Waals surface area contributed by atoms with E-state index in [1.807, 2.05) is 42.5 Å². The number of hydrogen-bond acceptors (Lipinski definition) is 14. The summed E-state index contributed by atoms with van der Waals surface area (Å²) in [6.45, 7) is 3.55. The number of aromatic amines is 1. The minimum Gasteiger partial charge on any atom is -0.399 e. The van der Waals surface area contributed by atoms with Crippen LogP contribution >= 0.6 is 11.6 Å². The van der Waals surface area contributed by atoms with Crippen LogP contribution in [0.5, 0.6) is 0 Å². The second kappa shape index (κ2) is 36.3. The molecular formula is C85H83ClF9N15O3. The van der Waals surface area contributed by atoms with Crippen molar-refractivity contribution in [3.63, 3.8) is 0 Å². The molecule has 0 fully saturated rings. The molecule has 0 bridgehead atoms. The predicted molar refractivity (Wildman–Crippen MR) is 432 cm³/mol. The Bertz CT molecular complexity index is 5120. The molecule has 13 N–H and O–H groups in total. The summed E-state index contributed by atoms with van der Waals surface area (Å²) in [5, 5.41) is 29.8. The summed E-state index contributed by atoms with van der Waals surface area (Å²) >= 11 is 5.67. The summed E-state index contributed by atoms with van der Waals surface area (Å²) in [6, 6.07) is 40.7. The lowest BCUT2D eigenvalue weighted by molar-refractivity contribution is -0.138. The van der Waals surface area contributed by atoms with Gasteiger partial charge in [0.25, 0.3) is 17.7 Å². The first-order chi connectivity index (χ1) is 53.8. The Morgan fingerprint density at radius 3 is 1.29 bits per heavy atom. The third kappa shape index (κ3) is 20.1. The molecule has 18 nitrogen and oxygen atoms in total. The number of pyridine rings is 3. The SMILES string of the molecule is C.CNC(=O)c1ccccc1Nc1cc(Cl)ncc1C(F)(F)F.CNC(=O)c1ccccc1Nc1cc(Nc2ccc3c(c2)C(C2=CCNCC2)=CC3)ncc1C(F)(F)F.CNC(=O)c1ccccc1Nc1cc(Nc2ccc3c(c2)C(C2=CCNCC2)=CC3)ncc1C(F)(F)F.Nc1ccc2[nH]cc(C3=CCCCC3)c2c1. The molecule has 4 aromatic heterocycles. The smallest absolute Gasteiger partial charge is 0.399 e. The molecule has 0 spiro atoms. The van der Waals surface area contributed by atoms with Crippen molar-refractivity contribution < 1.29 is 53.9 Å². The average molecular weight is 1570 g/mol. The number of nitrogens with two attached hydrogens (primary N) is 1. The summed E-state index contributed by atoms with van der Waals surface area (Å²) in [4.78, 5) is 51.1. The van der Waals surface area contributed by atoms with Gasteiger partial charge in [0.15, 0.2) is 0 Å². The van der Waals surface area contributed by atoms with E-state index in [1.54, 1.807) is 60.7 Å². The quantitative estimate of drug-likeness (QED) is 0.0244. The van der Waals surface area contributed by atoms with E-state index in [-0.39, 0.29) is 75.0 Å². The topological polar surface area (TPSA) is 252 Å². The summed E-state index contributed by atoms with van der Waals surface area (Å²) in [5.41, 5.74) is 19.8. The van der Waals surface area contributed by atoms with Crippen LogP contribution in [0.1, 0.15) is 122 Å². The standard InChI is InChI=1S/2C28H26F3N5O.C14H11ClF3N3O.C14H16N2.CH4/c2*1-32-27(37)21-4-2-3-5-24(21)36-25-15-26(34-16-23(25)28(29,30)31)35-19-8-6-17-7-9-20(22(17)14-19)18-10-12-33-13-11-18;1-19-13(22)8-4-2-3-5-10(8)21-11-6-12(15)20-7-9(11)14(16,17)18;15-11-6-7-14-12(8-11)13(9-16-14)10-4-2-1-3-5-10;/h2*2-6,8-10,14-16,33H,7,11-13H2,1H3,(H,32,37)(H2,34,35,36);2-7H,1H3,(H,19,22)(H,20,21);4,6-9,16H,1-3,5,15H2;1H4. The number of fused-ring (bicyclic) bond motifs is 3. The molecule has 15 rings (SSSR count). The second-order valence-electron chi connectivity index (χ2n) is 26.5. The Balaban J connectivity index is 0.000000156. The maximum absolute atomic E-state index is 13.8. The van der Waals surface area contributed by atoms with E-state index in [9.17, 15) is 53.9 Å². The molecule has 5 aliphatic rings. The van der Waals surface area contributed by atoms with Crippen LogP contribution in [-0.4, -0.2) is 85.0 Å². The maximum atomic E-state index is 13.8. The second-order valence-corrected chi connectivity index (χ2v) is 26.9. The number of nitrogen functional groups attached to an aromatic ring is 1. The minimum absolute atomic E-state index is 0. The molecule has 0 unspecified atom stereocenters. The van der Waals surface area contributed by atoms with Gasteiger partial charge >= 0.3 is 18.5 Å². The number of nitrogens with one attached hydrogen (secondary N) is 11. The van der Waals surface area contributed by atoms with E-state index >= 15 is 0 Å². The summed E-state index contributed by atoms with van der Waals surface area (Å²) in [5.74, 6) is -0.739. The van der Waals surface area contributed by atoms with Crippen molar-refractivity contribution in [1.82, 2.24) is 46.5 Å². The Morgan fingerprint density at radius 2 is 0.885 bits per heavy atom. The lowest BCUT2D eigenvalue weighted by Gasteiger charge is -2.18. The number of carbonyl (C=O) groups is 3. The number of hydrogen-bond donors (Lipinski definition) is 12. The highest BCUT2D eigenvalue weighted by atomic mass is 35.5. The number of benzene rings is 6. The van der Waals surface area contributed by atoms with Gasteiger partial charge in [-0.2, -0.15) is 39.5 Å². The summed E-state index contributed by atoms with van der Waals surface area (Å²) < 4.78 is 122. The Kier molecular flexibility index (Phi) is 26.3. The van der Waals surface area contributed by atoms with E-state index in [0.717, 1.165) is 98.5 Å². The highest BCUT2D eigenvalue weighted by Gasteiger charge is 2.37. The zero-order valence-electron chi connectivity index (χ0n) is 61.0. The van der Waals surface area contributed by atoms with Gasteiger partial charge in [-0.15, -0.1) is 0 Å². The third-order valence-electron chi connectivity index (χ3n) is 19.2. The normalized spacial score (nSPS) is 14.3. The first-order valence-electron chi connectivity index (χ1n) is 36.0. The Hall–Kier alpha value is -12.2. The van der Waals surface area contributed by atoms with Gasteiger partial charge in [0, 0.05) is 105 Å². The van der Waals surface area contributed by atoms with Crippen molar-refractivity contribution in [2.24, 2.45) is 0 Å². The fourth-order valence-electron chi connectivity index (χ4n) is 13.6. The fourth-order valence-corrected chi connectivity index (χ4v) is 13.8. The van der Waals surface area contributed by atoms with Crippen molar-refractivity contribution in [2.75, 3.05) is 79.6 Å². The number of allylic oxidation sites excluding steroid dienone is 6. The predicted octanol–water partition coefficient (Wildman–Crippen LogP) is 19.8. The largest absolute Gasteiger partial charge is 0.419 e. The zero-order chi connectivity index (χ0) is 79.3. The molecule has 3 amide bonds. The number of carbonyl (C=O) groups excluding carboxylic acids is 3. The van der Waals surface area contributed by atoms with Gasteiger partial charge in [0.2, 0.25) is 0 Å². The van der Waals surface area contributed by atoms with Crippen molar-refractivity contribution in [1.29, 1.82) is 0 Å². The van der Waals surface area contributed by atoms with Crippen molar-refractivity contribution in [2.45, 2.75) is 77.3 Å². The number of halogens is 10. The number of nitrogens with zero attached hydrogens (tertiary/aromatic N) is 3. The molecule has 113 heavy (non-hydrogen) atoms. The molecule has 6 heterocycles. The molecule has 2 aliphatic heterocycles. The van der Waals surface area contributed by atoms with Crippen LogP contribution in [0.25, 0.3) is 27.6 Å². The average Bonchev–Trinajstić information content (AvgIpc) is 1.34. The third-order valence-corrected chi connectivity index (χ3v) is 19.4. The van der Waals surface area contributed by atoms with Crippen LogP contribution < -0.4 is 58.9 Å². The van der Waals surface area contributed by atoms with Crippen LogP contribution in [0.15, 0.2) is 212 Å². The van der Waals surface area contributed by atoms with Gasteiger partial charge in [-0.3, -0.25) is 14.4 Å². The molecule has 0 saturated heterocycles. The van der Waals surface area contributed by atoms with E-state index in [0.29, 0.717) is 6.20 Å². The van der Waals surface area contributed by atoms with Gasteiger partial charge in [0.1, 0.15) is 16.8 Å². The van der Waals surface area contributed by atoms with Crippen LogP contribution in [-0.2, 0) is 31.4 Å². The van der Waals surface area contributed by atoms with E-state index in [4.69, 9.17) is 17.3 Å². The summed E-state index contributed by atoms with van der Waals surface area (Å²) in [7, 11) is 4.37. The van der Waals surface area contributed by atoms with Crippen LogP contribution in [0.2, 0.25) is 5.15 Å². The van der Waals surface area contributed by atoms with Gasteiger partial charge in [-0.1, -0.05) is 97.9 Å². The van der Waals surface area contributed by atoms with Crippen molar-refractivity contribution in [3.05, 3.63) is 278 Å². The van der Waals surface area contributed by atoms with Gasteiger partial charge in [-0.05, 0) is 200 Å². The highest BCUT2D eigenvalue weighted by Crippen LogP contribution is 2.44. The molecule has 3 aliphatic carbocycles. The summed E-state index contributed by atoms with van der Waals surface area (Å²) in [6.07, 6.45) is 10.4. The number of alkyl halides is 9. The van der Waals surface area contributed by atoms with E-state index in [2.05, 4.69) is 122 Å². The van der Waals surface area contributed by atoms with E-state index in [1.165, 1.54) is 127 Å². The van der Waals surface area contributed by atoms with Gasteiger partial charge < -0.3 is 63.9 Å². The number of amides is 3. The molecule has 10 aromatic rings. The maximum Gasteiger partial charge on any atom is 0.419 e. The number of rotatable bonds is 16. The highest BCUT2D eigenvalue weighted by molar-refractivity contribution is 6.29. The lowest BCUT2D eigenvalue weighted by Crippen LogP contribution is -2.20. The van der Waals surface area contributed by atoms with Crippen LogP contribution in [0, 0.1) is 0 Å². The molecule has 0 atom stereocenters. The van der Waals surface area contributed by atoms with Crippen LogP contribution in [0.4, 0.5) is 102 Å². The monoisotopic (exact) mass is 1570 g/mol. The number of aromatic nitrogens is 4. The molecule has 0 saturated carbocycles. The first-order valence-corrected chi connectivity index (χ1v) is 36.4.